The first-order chi connectivity index (χ1) is 11.4. The number of fused-ring (bicyclic) bond motifs is 1. The third-order valence-corrected chi connectivity index (χ3v) is 5.51. The molecule has 2 rings (SSSR count). The average molecular weight is 379 g/mol. The Morgan fingerprint density at radius 1 is 1.28 bits per heavy atom. The Labute approximate surface area is 152 Å². The second-order valence-corrected chi connectivity index (χ2v) is 8.54. The van der Waals surface area contributed by atoms with Gasteiger partial charge in [0.05, 0.1) is 12.7 Å². The van der Waals surface area contributed by atoms with Crippen LogP contribution in [0.3, 0.4) is 0 Å². The maximum Gasteiger partial charge on any atom is 0.398 e. The third kappa shape index (κ3) is 3.83. The van der Waals surface area contributed by atoms with Crippen LogP contribution in [-0.4, -0.2) is 31.1 Å². The molecule has 1 N–H and O–H groups in total. The van der Waals surface area contributed by atoms with Crippen molar-refractivity contribution in [3.63, 3.8) is 0 Å². The summed E-state index contributed by atoms with van der Waals surface area (Å²) < 4.78 is 48.7. The number of aliphatic hydroxyl groups is 1. The maximum atomic E-state index is 14.6. The van der Waals surface area contributed by atoms with Crippen LogP contribution in [-0.2, 0) is 16.6 Å². The smallest absolute Gasteiger partial charge is 0.392 e. The van der Waals surface area contributed by atoms with Crippen molar-refractivity contribution in [2.45, 2.75) is 57.7 Å². The van der Waals surface area contributed by atoms with Crippen molar-refractivity contribution in [2.75, 3.05) is 13.7 Å². The minimum atomic E-state index is -4.55. The van der Waals surface area contributed by atoms with Gasteiger partial charge in [0.15, 0.2) is 0 Å². The zero-order valence-electron chi connectivity index (χ0n) is 15.1. The lowest BCUT2D eigenvalue weighted by atomic mass is 9.58. The summed E-state index contributed by atoms with van der Waals surface area (Å²) in [5.74, 6) is -1.09. The van der Waals surface area contributed by atoms with Gasteiger partial charge in [-0.2, -0.15) is 13.2 Å². The van der Waals surface area contributed by atoms with Gasteiger partial charge in [-0.3, -0.25) is 0 Å². The Morgan fingerprint density at radius 2 is 1.92 bits per heavy atom. The third-order valence-electron chi connectivity index (χ3n) is 5.19. The molecule has 0 fully saturated rings. The van der Waals surface area contributed by atoms with E-state index < -0.39 is 23.6 Å². The standard InChI is InChI=1S/C19H26ClF3O2/c1-17(2,3)8-9-18(19(21,22)23)13(11-25-4)15(24)10-12-6-5-7-14(20)16(12)18/h5-7,13,15,24H,8-11H2,1-4H3. The van der Waals surface area contributed by atoms with Crippen LogP contribution in [0, 0.1) is 11.3 Å². The number of halogens is 4. The highest BCUT2D eigenvalue weighted by atomic mass is 35.5. The molecule has 3 unspecified atom stereocenters. The average Bonchev–Trinajstić information content (AvgIpc) is 2.45. The van der Waals surface area contributed by atoms with Crippen molar-refractivity contribution < 1.29 is 23.0 Å². The Bertz CT molecular complexity index is 610. The number of hydrogen-bond donors (Lipinski definition) is 1. The van der Waals surface area contributed by atoms with Crippen molar-refractivity contribution in [3.8, 4) is 0 Å². The van der Waals surface area contributed by atoms with Crippen LogP contribution in [0.2, 0.25) is 5.02 Å². The second kappa shape index (κ2) is 7.09. The Hall–Kier alpha value is -0.780. The molecule has 1 aromatic rings. The minimum absolute atomic E-state index is 0.108. The van der Waals surface area contributed by atoms with Gasteiger partial charge in [-0.1, -0.05) is 44.5 Å². The van der Waals surface area contributed by atoms with Gasteiger partial charge in [0.25, 0.3) is 0 Å². The molecule has 0 bridgehead atoms. The van der Waals surface area contributed by atoms with Crippen molar-refractivity contribution in [1.82, 2.24) is 0 Å². The van der Waals surface area contributed by atoms with Gasteiger partial charge in [-0.25, -0.2) is 0 Å². The first kappa shape index (κ1) is 20.5. The predicted molar refractivity (Wildman–Crippen MR) is 93.0 cm³/mol. The highest BCUT2D eigenvalue weighted by Gasteiger charge is 2.64. The molecule has 1 aromatic carbocycles. The van der Waals surface area contributed by atoms with Crippen molar-refractivity contribution >= 4 is 11.6 Å². The number of alkyl halides is 3. The van der Waals surface area contributed by atoms with Crippen LogP contribution in [0.5, 0.6) is 0 Å². The molecule has 1 aliphatic rings. The Morgan fingerprint density at radius 3 is 2.44 bits per heavy atom. The lowest BCUT2D eigenvalue weighted by Gasteiger charge is -2.49. The van der Waals surface area contributed by atoms with Crippen LogP contribution >= 0.6 is 11.6 Å². The van der Waals surface area contributed by atoms with E-state index in [4.69, 9.17) is 16.3 Å². The summed E-state index contributed by atoms with van der Waals surface area (Å²) in [6.45, 7) is 5.56. The molecule has 0 heterocycles. The lowest BCUT2D eigenvalue weighted by Crippen LogP contribution is -2.57. The van der Waals surface area contributed by atoms with Crippen LogP contribution < -0.4 is 0 Å². The molecule has 0 saturated heterocycles. The number of hydrogen-bond acceptors (Lipinski definition) is 2. The summed E-state index contributed by atoms with van der Waals surface area (Å²) >= 11 is 6.27. The van der Waals surface area contributed by atoms with E-state index in [9.17, 15) is 18.3 Å². The number of rotatable bonds is 4. The van der Waals surface area contributed by atoms with E-state index >= 15 is 0 Å². The van der Waals surface area contributed by atoms with E-state index in [1.807, 2.05) is 20.8 Å². The Kier molecular flexibility index (Phi) is 5.82. The molecule has 25 heavy (non-hydrogen) atoms. The molecule has 0 amide bonds. The SMILES string of the molecule is COCC1C(O)Cc2cccc(Cl)c2C1(CCC(C)(C)C)C(F)(F)F. The first-order valence-electron chi connectivity index (χ1n) is 8.45. The quantitative estimate of drug-likeness (QED) is 0.785. The molecule has 0 aromatic heterocycles. The van der Waals surface area contributed by atoms with Crippen LogP contribution in [0.15, 0.2) is 18.2 Å². The molecule has 0 spiro atoms. The molecule has 0 aliphatic heterocycles. The fourth-order valence-corrected chi connectivity index (χ4v) is 4.29. The molecule has 6 heteroatoms. The van der Waals surface area contributed by atoms with Gasteiger partial charge < -0.3 is 9.84 Å². The van der Waals surface area contributed by atoms with Gasteiger partial charge in [0.2, 0.25) is 0 Å². The molecular weight excluding hydrogens is 353 g/mol. The summed E-state index contributed by atoms with van der Waals surface area (Å²) in [4.78, 5) is 0. The second-order valence-electron chi connectivity index (χ2n) is 8.14. The molecule has 0 saturated carbocycles. The zero-order chi connectivity index (χ0) is 19.0. The van der Waals surface area contributed by atoms with Gasteiger partial charge in [0, 0.05) is 18.1 Å². The van der Waals surface area contributed by atoms with E-state index in [0.717, 1.165) is 0 Å². The molecule has 0 radical (unpaired) electrons. The highest BCUT2D eigenvalue weighted by molar-refractivity contribution is 6.31. The van der Waals surface area contributed by atoms with Gasteiger partial charge >= 0.3 is 6.18 Å². The lowest BCUT2D eigenvalue weighted by molar-refractivity contribution is -0.229. The van der Waals surface area contributed by atoms with Crippen LogP contribution in [0.4, 0.5) is 13.2 Å². The zero-order valence-corrected chi connectivity index (χ0v) is 15.8. The predicted octanol–water partition coefficient (Wildman–Crippen LogP) is 5.15. The summed E-state index contributed by atoms with van der Waals surface area (Å²) in [6.07, 6.45) is -5.32. The van der Waals surface area contributed by atoms with Crippen LogP contribution in [0.1, 0.15) is 44.7 Å². The fourth-order valence-electron chi connectivity index (χ4n) is 3.93. The van der Waals surface area contributed by atoms with E-state index in [1.165, 1.54) is 13.2 Å². The molecule has 2 nitrogen and oxygen atoms in total. The number of ether oxygens (including phenoxy) is 1. The van der Waals surface area contributed by atoms with E-state index in [-0.39, 0.29) is 35.4 Å². The molecule has 3 atom stereocenters. The van der Waals surface area contributed by atoms with Gasteiger partial charge in [-0.15, -0.1) is 0 Å². The summed E-state index contributed by atoms with van der Waals surface area (Å²) in [5, 5.41) is 10.7. The molecular formula is C19H26ClF3O2. The van der Waals surface area contributed by atoms with Crippen molar-refractivity contribution in [1.29, 1.82) is 0 Å². The summed E-state index contributed by atoms with van der Waals surface area (Å²) in [6, 6.07) is 4.76. The molecule has 142 valence electrons. The monoisotopic (exact) mass is 378 g/mol. The summed E-state index contributed by atoms with van der Waals surface area (Å²) in [7, 11) is 1.36. The number of aliphatic hydroxyl groups excluding tert-OH is 1. The fraction of sp³-hybridized carbons (Fsp3) is 0.684. The largest absolute Gasteiger partial charge is 0.398 e. The highest BCUT2D eigenvalue weighted by Crippen LogP contribution is 2.57. The first-order valence-corrected chi connectivity index (χ1v) is 8.83. The van der Waals surface area contributed by atoms with E-state index in [2.05, 4.69) is 0 Å². The Balaban J connectivity index is 2.73. The van der Waals surface area contributed by atoms with Crippen molar-refractivity contribution in [2.24, 2.45) is 11.3 Å². The van der Waals surface area contributed by atoms with Gasteiger partial charge in [-0.05, 0) is 41.9 Å². The van der Waals surface area contributed by atoms with E-state index in [0.29, 0.717) is 12.0 Å². The topological polar surface area (TPSA) is 29.5 Å². The number of benzene rings is 1. The van der Waals surface area contributed by atoms with E-state index in [1.54, 1.807) is 12.1 Å². The normalized spacial score (nSPS) is 27.2. The maximum absolute atomic E-state index is 14.6. The van der Waals surface area contributed by atoms with Crippen LogP contribution in [0.25, 0.3) is 0 Å². The van der Waals surface area contributed by atoms with Crippen molar-refractivity contribution in [3.05, 3.63) is 34.3 Å². The minimum Gasteiger partial charge on any atom is -0.392 e. The van der Waals surface area contributed by atoms with Gasteiger partial charge in [0.1, 0.15) is 5.41 Å². The molecule has 1 aliphatic carbocycles. The summed E-state index contributed by atoms with van der Waals surface area (Å²) in [5.41, 5.74) is -1.92. The number of methoxy groups -OCH3 is 1.